The molecule has 1 unspecified atom stereocenters. The summed E-state index contributed by atoms with van der Waals surface area (Å²) in [6, 6.07) is 11.2. The minimum absolute atomic E-state index is 0.0899. The average molecular weight is 547 g/mol. The Morgan fingerprint density at radius 1 is 1.02 bits per heavy atom. The Bertz CT molecular complexity index is 1570. The van der Waals surface area contributed by atoms with Gasteiger partial charge in [-0.25, -0.2) is 13.3 Å². The molecule has 1 aliphatic rings. The van der Waals surface area contributed by atoms with Crippen molar-refractivity contribution in [3.63, 3.8) is 0 Å². The number of anilines is 2. The van der Waals surface area contributed by atoms with Crippen molar-refractivity contribution in [2.75, 3.05) is 10.6 Å². The minimum Gasteiger partial charge on any atom is -0.434 e. The molecule has 0 spiro atoms. The first-order valence-electron chi connectivity index (χ1n) is 12.9. The number of carbonyl (C=O) groups is 2. The van der Waals surface area contributed by atoms with Crippen LogP contribution in [0.1, 0.15) is 44.1 Å². The molecule has 0 bridgehead atoms. The molecule has 1 aliphatic carbocycles. The van der Waals surface area contributed by atoms with Gasteiger partial charge in [-0.1, -0.05) is 11.6 Å². The van der Waals surface area contributed by atoms with Gasteiger partial charge in [-0.05, 0) is 74.6 Å². The maximum atomic E-state index is 15.0. The molecule has 0 saturated heterocycles. The number of rotatable bonds is 7. The van der Waals surface area contributed by atoms with E-state index >= 15 is 0 Å². The van der Waals surface area contributed by atoms with Crippen molar-refractivity contribution in [2.24, 2.45) is 5.73 Å². The average Bonchev–Trinajstić information content (AvgIpc) is 3.22. The smallest absolute Gasteiger partial charge is 0.247 e. The summed E-state index contributed by atoms with van der Waals surface area (Å²) in [5, 5.41) is 9.22. The second-order valence-electron chi connectivity index (χ2n) is 9.65. The third kappa shape index (κ3) is 6.67. The molecule has 1 fully saturated rings. The number of fused-ring (bicyclic) bond motifs is 1. The Morgan fingerprint density at radius 2 is 1.77 bits per heavy atom. The number of nitrogens with two attached hydrogens (primary N) is 1. The maximum absolute atomic E-state index is 15.0. The number of hydrogen-bond acceptors (Lipinski definition) is 6. The van der Waals surface area contributed by atoms with E-state index in [1.165, 1.54) is 48.3 Å². The number of ether oxygens (including phenoxy) is 1. The van der Waals surface area contributed by atoms with Crippen LogP contribution >= 0.6 is 0 Å². The van der Waals surface area contributed by atoms with Crippen molar-refractivity contribution in [3.05, 3.63) is 83.8 Å². The van der Waals surface area contributed by atoms with Crippen LogP contribution < -0.4 is 21.1 Å². The van der Waals surface area contributed by atoms with Gasteiger partial charge < -0.3 is 21.1 Å². The minimum atomic E-state index is -0.727. The molecule has 2 heterocycles. The highest BCUT2D eigenvalue weighted by molar-refractivity contribution is 6.08. The van der Waals surface area contributed by atoms with Crippen LogP contribution in [0.25, 0.3) is 11.6 Å². The van der Waals surface area contributed by atoms with E-state index in [9.17, 15) is 18.4 Å². The number of hydrogen-bond donors (Lipinski definition) is 3. The predicted octanol–water partition coefficient (Wildman–Crippen LogP) is 5.44. The van der Waals surface area contributed by atoms with Gasteiger partial charge in [-0.15, -0.1) is 0 Å². The summed E-state index contributed by atoms with van der Waals surface area (Å²) in [7, 11) is 0. The van der Waals surface area contributed by atoms with E-state index in [4.69, 9.17) is 10.5 Å². The molecule has 206 valence electrons. The van der Waals surface area contributed by atoms with Crippen LogP contribution in [-0.2, 0) is 9.59 Å². The Balaban J connectivity index is 1.26. The van der Waals surface area contributed by atoms with E-state index in [0.29, 0.717) is 11.2 Å². The van der Waals surface area contributed by atoms with Gasteiger partial charge in [0.25, 0.3) is 0 Å². The Morgan fingerprint density at radius 3 is 2.55 bits per heavy atom. The van der Waals surface area contributed by atoms with Crippen LogP contribution in [0.4, 0.5) is 20.2 Å². The first-order valence-corrected chi connectivity index (χ1v) is 12.9. The van der Waals surface area contributed by atoms with Gasteiger partial charge in [0, 0.05) is 35.2 Å². The molecule has 2 amide bonds. The zero-order valence-electron chi connectivity index (χ0n) is 21.6. The number of nitrogens with one attached hydrogen (secondary N) is 2. The largest absolute Gasteiger partial charge is 0.434 e. The molecule has 4 N–H and O–H groups in total. The lowest BCUT2D eigenvalue weighted by Crippen LogP contribution is -2.21. The number of allylic oxidation sites excluding steroid dienone is 1. The fourth-order valence-corrected chi connectivity index (χ4v) is 4.59. The van der Waals surface area contributed by atoms with E-state index in [1.807, 2.05) is 6.07 Å². The lowest BCUT2D eigenvalue weighted by atomic mass is 10.0. The molecule has 1 saturated carbocycles. The fraction of sp³-hybridized carbons (Fsp3) is 0.241. The highest BCUT2D eigenvalue weighted by atomic mass is 19.1. The SMILES string of the molecule is NC1CCC/C(=C\c2ccn3ncnc(Oc4ccc(NC(=O)CC(=O)Nc5ccc(F)cc5)cc4F)c23)CC1. The van der Waals surface area contributed by atoms with E-state index in [-0.39, 0.29) is 23.4 Å². The van der Waals surface area contributed by atoms with E-state index in [2.05, 4.69) is 26.8 Å². The third-order valence-corrected chi connectivity index (χ3v) is 6.59. The molecule has 5 rings (SSSR count). The third-order valence-electron chi connectivity index (χ3n) is 6.59. The van der Waals surface area contributed by atoms with E-state index < -0.39 is 29.9 Å². The van der Waals surface area contributed by atoms with Gasteiger partial charge in [-0.3, -0.25) is 9.59 Å². The Kier molecular flexibility index (Phi) is 8.11. The fourth-order valence-electron chi connectivity index (χ4n) is 4.59. The van der Waals surface area contributed by atoms with Crippen LogP contribution in [0.15, 0.2) is 66.6 Å². The molecule has 0 radical (unpaired) electrons. The number of nitrogens with zero attached hydrogens (tertiary/aromatic N) is 3. The zero-order valence-corrected chi connectivity index (χ0v) is 21.6. The number of amides is 2. The Labute approximate surface area is 229 Å². The normalized spacial score (nSPS) is 16.5. The standard InChI is InChI=1S/C29H28F2N6O3/c30-20-5-8-22(9-6-20)35-26(38)16-27(39)36-23-10-11-25(24(31)15-23)40-29-28-19(12-13-37(28)34-17-33-29)14-18-2-1-3-21(32)7-4-18/h5-6,8-15,17,21H,1-4,7,16,32H2,(H,35,38)(H,36,39)/b18-14+. The molecule has 2 aromatic carbocycles. The molecule has 0 aliphatic heterocycles. The summed E-state index contributed by atoms with van der Waals surface area (Å²) < 4.78 is 35.5. The topological polar surface area (TPSA) is 124 Å². The van der Waals surface area contributed by atoms with Crippen molar-refractivity contribution < 1.29 is 23.1 Å². The van der Waals surface area contributed by atoms with E-state index in [0.717, 1.165) is 43.7 Å². The summed E-state index contributed by atoms with van der Waals surface area (Å²) in [5.41, 5.74) is 9.38. The lowest BCUT2D eigenvalue weighted by molar-refractivity contribution is -0.123. The molecule has 11 heteroatoms. The first kappa shape index (κ1) is 26.9. The highest BCUT2D eigenvalue weighted by Crippen LogP contribution is 2.32. The second kappa shape index (κ2) is 12.0. The predicted molar refractivity (Wildman–Crippen MR) is 147 cm³/mol. The van der Waals surface area contributed by atoms with Gasteiger partial charge >= 0.3 is 0 Å². The van der Waals surface area contributed by atoms with Crippen molar-refractivity contribution in [1.82, 2.24) is 14.6 Å². The van der Waals surface area contributed by atoms with Crippen LogP contribution in [0, 0.1) is 11.6 Å². The molecule has 4 aromatic rings. The van der Waals surface area contributed by atoms with Crippen LogP contribution in [-0.4, -0.2) is 32.5 Å². The molecule has 2 aromatic heterocycles. The second-order valence-corrected chi connectivity index (χ2v) is 9.65. The van der Waals surface area contributed by atoms with Gasteiger partial charge in [-0.2, -0.15) is 10.1 Å². The number of carbonyl (C=O) groups excluding carboxylic acids is 2. The molecule has 9 nitrogen and oxygen atoms in total. The molecular formula is C29H28F2N6O3. The maximum Gasteiger partial charge on any atom is 0.247 e. The lowest BCUT2D eigenvalue weighted by Gasteiger charge is -2.11. The van der Waals surface area contributed by atoms with Crippen molar-refractivity contribution in [3.8, 4) is 11.6 Å². The van der Waals surface area contributed by atoms with Gasteiger partial charge in [0.1, 0.15) is 24.1 Å². The van der Waals surface area contributed by atoms with Crippen LogP contribution in [0.5, 0.6) is 11.6 Å². The van der Waals surface area contributed by atoms with Crippen LogP contribution in [0.2, 0.25) is 0 Å². The van der Waals surface area contributed by atoms with Crippen molar-refractivity contribution in [1.29, 1.82) is 0 Å². The number of benzene rings is 2. The summed E-state index contributed by atoms with van der Waals surface area (Å²) in [6.07, 6.45) is 9.57. The molecule has 40 heavy (non-hydrogen) atoms. The molecule has 1 atom stereocenters. The molecular weight excluding hydrogens is 518 g/mol. The zero-order chi connectivity index (χ0) is 28.1. The van der Waals surface area contributed by atoms with Gasteiger partial charge in [0.15, 0.2) is 11.6 Å². The summed E-state index contributed by atoms with van der Waals surface area (Å²) in [5.74, 6) is -2.31. The van der Waals surface area contributed by atoms with Gasteiger partial charge in [0.05, 0.1) is 0 Å². The first-order chi connectivity index (χ1) is 19.3. The summed E-state index contributed by atoms with van der Waals surface area (Å²) >= 11 is 0. The van der Waals surface area contributed by atoms with Gasteiger partial charge in [0.2, 0.25) is 17.7 Å². The summed E-state index contributed by atoms with van der Waals surface area (Å²) in [6.45, 7) is 0. The quantitative estimate of drug-likeness (QED) is 0.209. The number of halogens is 2. The van der Waals surface area contributed by atoms with Crippen LogP contribution in [0.3, 0.4) is 0 Å². The van der Waals surface area contributed by atoms with Crippen molar-refractivity contribution >= 4 is 34.8 Å². The monoisotopic (exact) mass is 546 g/mol. The number of aromatic nitrogens is 3. The summed E-state index contributed by atoms with van der Waals surface area (Å²) in [4.78, 5) is 28.6. The van der Waals surface area contributed by atoms with E-state index in [1.54, 1.807) is 10.7 Å². The van der Waals surface area contributed by atoms with Crippen molar-refractivity contribution in [2.45, 2.75) is 44.6 Å². The Hall–Kier alpha value is -4.64. The highest BCUT2D eigenvalue weighted by Gasteiger charge is 2.17.